The molecule has 0 spiro atoms. The standard InChI is InChI=1S/C23H26N4O/c28-23(17-7-3-1-4-8-17)24-18-11-12-21-20(15-18)25-22-16-26(13-14-27(21)22)19-9-5-2-6-10-19/h1,3-4,7-8,11-12,15,19H,2,5-6,9-10,13-14,16H2,(H,24,28)/p+1. The monoisotopic (exact) mass is 375 g/mol. The molecule has 1 saturated carbocycles. The van der Waals surface area contributed by atoms with E-state index in [9.17, 15) is 4.79 Å². The van der Waals surface area contributed by atoms with Crippen molar-refractivity contribution < 1.29 is 9.69 Å². The molecule has 144 valence electrons. The fourth-order valence-electron chi connectivity index (χ4n) is 4.84. The highest BCUT2D eigenvalue weighted by molar-refractivity contribution is 6.04. The first kappa shape index (κ1) is 17.4. The van der Waals surface area contributed by atoms with Gasteiger partial charge in [-0.05, 0) is 56.0 Å². The molecule has 1 aliphatic heterocycles. The predicted octanol–water partition coefficient (Wildman–Crippen LogP) is 3.02. The van der Waals surface area contributed by atoms with E-state index >= 15 is 0 Å². The number of imidazole rings is 1. The second-order valence-electron chi connectivity index (χ2n) is 8.12. The van der Waals surface area contributed by atoms with E-state index in [1.165, 1.54) is 50.0 Å². The highest BCUT2D eigenvalue weighted by Gasteiger charge is 2.30. The second kappa shape index (κ2) is 7.40. The van der Waals surface area contributed by atoms with Crippen LogP contribution in [0, 0.1) is 0 Å². The predicted molar refractivity (Wildman–Crippen MR) is 111 cm³/mol. The average Bonchev–Trinajstić information content (AvgIpc) is 3.12. The molecular weight excluding hydrogens is 348 g/mol. The molecule has 1 atom stereocenters. The average molecular weight is 375 g/mol. The molecule has 0 bridgehead atoms. The number of nitrogens with zero attached hydrogens (tertiary/aromatic N) is 2. The summed E-state index contributed by atoms with van der Waals surface area (Å²) in [5.41, 5.74) is 3.62. The van der Waals surface area contributed by atoms with Crippen molar-refractivity contribution in [2.75, 3.05) is 11.9 Å². The smallest absolute Gasteiger partial charge is 0.255 e. The van der Waals surface area contributed by atoms with Crippen molar-refractivity contribution in [3.8, 4) is 0 Å². The third-order valence-corrected chi connectivity index (χ3v) is 6.35. The van der Waals surface area contributed by atoms with E-state index in [2.05, 4.69) is 16.0 Å². The van der Waals surface area contributed by atoms with Crippen LogP contribution in [0.3, 0.4) is 0 Å². The van der Waals surface area contributed by atoms with Gasteiger partial charge in [-0.25, -0.2) is 4.98 Å². The van der Waals surface area contributed by atoms with Crippen LogP contribution < -0.4 is 10.2 Å². The Kier molecular flexibility index (Phi) is 4.61. The van der Waals surface area contributed by atoms with E-state index in [4.69, 9.17) is 4.98 Å². The zero-order valence-corrected chi connectivity index (χ0v) is 16.2. The minimum Gasteiger partial charge on any atom is -0.325 e. The van der Waals surface area contributed by atoms with Gasteiger partial charge in [0.05, 0.1) is 30.2 Å². The summed E-state index contributed by atoms with van der Waals surface area (Å²) in [6, 6.07) is 16.2. The number of hydrogen-bond acceptors (Lipinski definition) is 2. The Bertz CT molecular complexity index is 989. The van der Waals surface area contributed by atoms with Crippen LogP contribution >= 0.6 is 0 Å². The summed E-state index contributed by atoms with van der Waals surface area (Å²) in [6.45, 7) is 3.24. The van der Waals surface area contributed by atoms with Crippen molar-refractivity contribution in [1.82, 2.24) is 9.55 Å². The lowest BCUT2D eigenvalue weighted by molar-refractivity contribution is -0.944. The molecule has 2 N–H and O–H groups in total. The fraction of sp³-hybridized carbons (Fsp3) is 0.391. The van der Waals surface area contributed by atoms with Crippen molar-refractivity contribution in [2.45, 2.75) is 51.2 Å². The molecule has 5 heteroatoms. The number of aromatic nitrogens is 2. The van der Waals surface area contributed by atoms with Crippen molar-refractivity contribution >= 4 is 22.6 Å². The first-order valence-electron chi connectivity index (χ1n) is 10.5. The third-order valence-electron chi connectivity index (χ3n) is 6.35. The topological polar surface area (TPSA) is 51.4 Å². The number of anilines is 1. The Morgan fingerprint density at radius 3 is 2.71 bits per heavy atom. The van der Waals surface area contributed by atoms with Crippen LogP contribution in [0.25, 0.3) is 11.0 Å². The molecule has 28 heavy (non-hydrogen) atoms. The zero-order valence-electron chi connectivity index (χ0n) is 16.2. The second-order valence-corrected chi connectivity index (χ2v) is 8.12. The molecule has 2 aromatic carbocycles. The Balaban J connectivity index is 1.36. The molecule has 1 fully saturated rings. The zero-order chi connectivity index (χ0) is 18.9. The molecule has 5 nitrogen and oxygen atoms in total. The molecule has 5 rings (SSSR count). The van der Waals surface area contributed by atoms with E-state index in [0.717, 1.165) is 30.3 Å². The largest absolute Gasteiger partial charge is 0.325 e. The lowest BCUT2D eigenvalue weighted by Crippen LogP contribution is -3.15. The molecule has 1 aromatic heterocycles. The molecule has 1 unspecified atom stereocenters. The van der Waals surface area contributed by atoms with Crippen LogP contribution in [0.2, 0.25) is 0 Å². The number of benzene rings is 2. The lowest BCUT2D eigenvalue weighted by Gasteiger charge is -2.34. The van der Waals surface area contributed by atoms with Gasteiger partial charge in [-0.2, -0.15) is 0 Å². The van der Waals surface area contributed by atoms with Crippen LogP contribution in [0.15, 0.2) is 48.5 Å². The maximum Gasteiger partial charge on any atom is 0.255 e. The van der Waals surface area contributed by atoms with Gasteiger partial charge in [-0.1, -0.05) is 24.6 Å². The van der Waals surface area contributed by atoms with Gasteiger partial charge in [0, 0.05) is 11.3 Å². The Labute approximate surface area is 165 Å². The molecular formula is C23H27N4O+. The van der Waals surface area contributed by atoms with Crippen molar-refractivity contribution in [2.24, 2.45) is 0 Å². The SMILES string of the molecule is O=C(Nc1ccc2c(c1)nc1n2CC[NH+](C2CCCCC2)C1)c1ccccc1. The summed E-state index contributed by atoms with van der Waals surface area (Å²) in [6.07, 6.45) is 6.90. The minimum absolute atomic E-state index is 0.0863. The highest BCUT2D eigenvalue weighted by atomic mass is 16.1. The molecule has 0 radical (unpaired) electrons. The van der Waals surface area contributed by atoms with Crippen LogP contribution in [-0.4, -0.2) is 28.0 Å². The molecule has 0 saturated heterocycles. The summed E-state index contributed by atoms with van der Waals surface area (Å²) in [7, 11) is 0. The Morgan fingerprint density at radius 1 is 1.07 bits per heavy atom. The van der Waals surface area contributed by atoms with Gasteiger partial charge >= 0.3 is 0 Å². The van der Waals surface area contributed by atoms with Gasteiger partial charge in [0.2, 0.25) is 0 Å². The maximum atomic E-state index is 12.4. The fourth-order valence-corrected chi connectivity index (χ4v) is 4.84. The molecule has 1 aliphatic carbocycles. The first-order valence-corrected chi connectivity index (χ1v) is 10.5. The lowest BCUT2D eigenvalue weighted by atomic mass is 9.94. The number of amides is 1. The van der Waals surface area contributed by atoms with Crippen molar-refractivity contribution in [3.05, 3.63) is 59.9 Å². The van der Waals surface area contributed by atoms with E-state index in [1.54, 1.807) is 4.90 Å². The van der Waals surface area contributed by atoms with Crippen molar-refractivity contribution in [3.63, 3.8) is 0 Å². The number of fused-ring (bicyclic) bond motifs is 3. The van der Waals surface area contributed by atoms with E-state index < -0.39 is 0 Å². The number of carbonyl (C=O) groups is 1. The van der Waals surface area contributed by atoms with Gasteiger partial charge in [-0.3, -0.25) is 4.79 Å². The summed E-state index contributed by atoms with van der Waals surface area (Å²) in [5.74, 6) is 1.10. The van der Waals surface area contributed by atoms with Gasteiger partial charge in [0.1, 0.15) is 6.54 Å². The van der Waals surface area contributed by atoms with E-state index in [1.807, 2.05) is 42.5 Å². The maximum absolute atomic E-state index is 12.4. The van der Waals surface area contributed by atoms with E-state index in [-0.39, 0.29) is 5.91 Å². The van der Waals surface area contributed by atoms with Crippen LogP contribution in [0.5, 0.6) is 0 Å². The Hall–Kier alpha value is -2.66. The van der Waals surface area contributed by atoms with Gasteiger partial charge < -0.3 is 14.8 Å². The Morgan fingerprint density at radius 2 is 1.89 bits per heavy atom. The number of nitrogens with one attached hydrogen (secondary N) is 2. The van der Waals surface area contributed by atoms with Gasteiger partial charge in [0.15, 0.2) is 5.82 Å². The number of rotatable bonds is 3. The van der Waals surface area contributed by atoms with Crippen LogP contribution in [0.1, 0.15) is 48.3 Å². The van der Waals surface area contributed by atoms with E-state index in [0.29, 0.717) is 5.56 Å². The van der Waals surface area contributed by atoms with Gasteiger partial charge in [-0.15, -0.1) is 0 Å². The van der Waals surface area contributed by atoms with Crippen LogP contribution in [0.4, 0.5) is 5.69 Å². The third kappa shape index (κ3) is 3.31. The molecule has 2 heterocycles. The van der Waals surface area contributed by atoms with Crippen molar-refractivity contribution in [1.29, 1.82) is 0 Å². The molecule has 3 aromatic rings. The minimum atomic E-state index is -0.0863. The summed E-state index contributed by atoms with van der Waals surface area (Å²) in [4.78, 5) is 19.1. The molecule has 1 amide bonds. The summed E-state index contributed by atoms with van der Waals surface area (Å²) < 4.78 is 2.37. The quantitative estimate of drug-likeness (QED) is 0.739. The highest BCUT2D eigenvalue weighted by Crippen LogP contribution is 2.23. The number of hydrogen-bond donors (Lipinski definition) is 2. The number of quaternary nitrogens is 1. The summed E-state index contributed by atoms with van der Waals surface area (Å²) in [5, 5.41) is 3.00. The summed E-state index contributed by atoms with van der Waals surface area (Å²) >= 11 is 0. The van der Waals surface area contributed by atoms with Gasteiger partial charge in [0.25, 0.3) is 5.91 Å². The van der Waals surface area contributed by atoms with Crippen LogP contribution in [-0.2, 0) is 13.1 Å². The normalized spacial score (nSPS) is 20.1. The first-order chi connectivity index (χ1) is 13.8. The molecule has 2 aliphatic rings. The number of carbonyl (C=O) groups excluding carboxylic acids is 1.